The third kappa shape index (κ3) is 0.966. The van der Waals surface area contributed by atoms with Crippen molar-refractivity contribution < 1.29 is 5.21 Å². The van der Waals surface area contributed by atoms with E-state index in [0.717, 1.165) is 0 Å². The zero-order chi connectivity index (χ0) is 8.39. The molecular weight excluding hydrogens is 160 g/mol. The highest BCUT2D eigenvalue weighted by Crippen LogP contribution is 2.12. The summed E-state index contributed by atoms with van der Waals surface area (Å²) in [5.74, 6) is 0.444. The van der Waals surface area contributed by atoms with Gasteiger partial charge in [0.2, 0.25) is 0 Å². The first-order valence-electron chi connectivity index (χ1n) is 3.21. The zero-order valence-corrected chi connectivity index (χ0v) is 5.94. The van der Waals surface area contributed by atoms with Crippen LogP contribution in [0.1, 0.15) is 0 Å². The number of fused-ring (bicyclic) bond motifs is 1. The van der Waals surface area contributed by atoms with Crippen molar-refractivity contribution in [2.24, 2.45) is 0 Å². The van der Waals surface area contributed by atoms with Crippen LogP contribution in [0, 0.1) is 0 Å². The largest absolute Gasteiger partial charge is 0.340 e. The lowest BCUT2D eigenvalue weighted by molar-refractivity contribution is 0.192. The van der Waals surface area contributed by atoms with E-state index in [9.17, 15) is 0 Å². The Bertz CT molecular complexity index is 384. The van der Waals surface area contributed by atoms with Crippen LogP contribution >= 0.6 is 0 Å². The third-order valence-corrected chi connectivity index (χ3v) is 1.40. The number of H-pyrrole nitrogens is 1. The van der Waals surface area contributed by atoms with E-state index in [1.807, 2.05) is 0 Å². The summed E-state index contributed by atoms with van der Waals surface area (Å²) in [6.45, 7) is 0. The molecule has 2 aromatic heterocycles. The van der Waals surface area contributed by atoms with E-state index >= 15 is 0 Å². The lowest BCUT2D eigenvalue weighted by Crippen LogP contribution is -2.17. The Morgan fingerprint density at radius 1 is 1.33 bits per heavy atom. The number of anilines is 1. The second kappa shape index (κ2) is 2.72. The van der Waals surface area contributed by atoms with Crippen molar-refractivity contribution in [3.63, 3.8) is 0 Å². The normalized spacial score (nSPS) is 10.4. The maximum absolute atomic E-state index is 8.36. The second-order valence-electron chi connectivity index (χ2n) is 2.06. The molecule has 2 aromatic rings. The SMILES string of the molecule is ONNc1ncnc2nc[nH]c12. The number of nitrogens with one attached hydrogen (secondary N) is 3. The summed E-state index contributed by atoms with van der Waals surface area (Å²) in [7, 11) is 0. The molecule has 0 aliphatic carbocycles. The van der Waals surface area contributed by atoms with Gasteiger partial charge in [0.05, 0.1) is 6.33 Å². The van der Waals surface area contributed by atoms with E-state index in [-0.39, 0.29) is 0 Å². The Labute approximate surface area is 66.8 Å². The summed E-state index contributed by atoms with van der Waals surface area (Å²) >= 11 is 0. The molecule has 0 aromatic carbocycles. The first-order valence-corrected chi connectivity index (χ1v) is 3.21. The lowest BCUT2D eigenvalue weighted by atomic mass is 10.5. The minimum Gasteiger partial charge on any atom is -0.340 e. The molecule has 0 unspecified atom stereocenters. The van der Waals surface area contributed by atoms with Crippen molar-refractivity contribution in [2.45, 2.75) is 0 Å². The van der Waals surface area contributed by atoms with Crippen molar-refractivity contribution >= 4 is 17.0 Å². The van der Waals surface area contributed by atoms with Crippen molar-refractivity contribution in [2.75, 3.05) is 5.43 Å². The molecule has 0 aliphatic rings. The van der Waals surface area contributed by atoms with E-state index in [0.29, 0.717) is 17.0 Å². The van der Waals surface area contributed by atoms with Crippen LogP contribution in [-0.4, -0.2) is 25.1 Å². The number of hydrazine groups is 1. The summed E-state index contributed by atoms with van der Waals surface area (Å²) in [6, 6.07) is 0. The molecule has 0 atom stereocenters. The molecule has 0 aliphatic heterocycles. The number of hydrogen-bond donors (Lipinski definition) is 4. The van der Waals surface area contributed by atoms with Crippen LogP contribution in [0.4, 0.5) is 5.82 Å². The highest BCUT2D eigenvalue weighted by Gasteiger charge is 2.03. The van der Waals surface area contributed by atoms with E-state index in [1.165, 1.54) is 12.7 Å². The number of hydrogen-bond acceptors (Lipinski definition) is 6. The Balaban J connectivity index is 2.57. The first-order chi connectivity index (χ1) is 5.92. The summed E-state index contributed by atoms with van der Waals surface area (Å²) in [5.41, 5.74) is 5.38. The Hall–Kier alpha value is -1.73. The highest BCUT2D eigenvalue weighted by molar-refractivity contribution is 5.81. The van der Waals surface area contributed by atoms with E-state index in [2.05, 4.69) is 25.4 Å². The molecule has 4 N–H and O–H groups in total. The van der Waals surface area contributed by atoms with Crippen molar-refractivity contribution in [1.82, 2.24) is 25.5 Å². The third-order valence-electron chi connectivity index (χ3n) is 1.40. The molecule has 0 bridgehead atoms. The van der Waals surface area contributed by atoms with Crippen LogP contribution < -0.4 is 11.0 Å². The van der Waals surface area contributed by atoms with Gasteiger partial charge >= 0.3 is 0 Å². The van der Waals surface area contributed by atoms with Gasteiger partial charge in [-0.05, 0) is 0 Å². The Morgan fingerprint density at radius 2 is 2.25 bits per heavy atom. The number of rotatable bonds is 2. The summed E-state index contributed by atoms with van der Waals surface area (Å²) in [5, 5.41) is 8.36. The van der Waals surface area contributed by atoms with Gasteiger partial charge in [-0.25, -0.2) is 15.0 Å². The standard InChI is InChI=1S/C5H6N6O/c12-11-10-5-3-4(7-1-6-3)8-2-9-5/h1-2,11-12H,(H2,6,7,8,9,10). The van der Waals surface area contributed by atoms with Crippen LogP contribution in [0.3, 0.4) is 0 Å². The molecule has 12 heavy (non-hydrogen) atoms. The zero-order valence-electron chi connectivity index (χ0n) is 5.94. The van der Waals surface area contributed by atoms with Crippen LogP contribution in [0.5, 0.6) is 0 Å². The predicted molar refractivity (Wildman–Crippen MR) is 40.2 cm³/mol. The minimum atomic E-state index is 0.444. The first kappa shape index (κ1) is 6.95. The summed E-state index contributed by atoms with van der Waals surface area (Å²) < 4.78 is 0. The fourth-order valence-corrected chi connectivity index (χ4v) is 0.913. The Morgan fingerprint density at radius 3 is 3.08 bits per heavy atom. The van der Waals surface area contributed by atoms with Crippen LogP contribution in [0.15, 0.2) is 12.7 Å². The van der Waals surface area contributed by atoms with Crippen molar-refractivity contribution in [3.8, 4) is 0 Å². The van der Waals surface area contributed by atoms with Gasteiger partial charge in [-0.2, -0.15) is 0 Å². The average Bonchev–Trinajstić information content (AvgIpc) is 2.53. The summed E-state index contributed by atoms with van der Waals surface area (Å²) in [6.07, 6.45) is 2.85. The van der Waals surface area contributed by atoms with Crippen LogP contribution in [0.2, 0.25) is 0 Å². The van der Waals surface area contributed by atoms with Gasteiger partial charge in [0.1, 0.15) is 11.8 Å². The number of aromatic amines is 1. The lowest BCUT2D eigenvalue weighted by Gasteiger charge is -2.00. The van der Waals surface area contributed by atoms with Crippen LogP contribution in [-0.2, 0) is 0 Å². The van der Waals surface area contributed by atoms with E-state index in [1.54, 1.807) is 5.59 Å². The molecular formula is C5H6N6O. The molecule has 0 radical (unpaired) electrons. The average molecular weight is 166 g/mol. The van der Waals surface area contributed by atoms with E-state index < -0.39 is 0 Å². The van der Waals surface area contributed by atoms with Gasteiger partial charge < -0.3 is 4.98 Å². The monoisotopic (exact) mass is 166 g/mol. The Kier molecular flexibility index (Phi) is 1.57. The molecule has 0 saturated carbocycles. The molecule has 0 amide bonds. The molecule has 2 heterocycles. The molecule has 7 nitrogen and oxygen atoms in total. The number of imidazole rings is 1. The second-order valence-corrected chi connectivity index (χ2v) is 2.06. The van der Waals surface area contributed by atoms with Gasteiger partial charge in [0.15, 0.2) is 11.5 Å². The molecule has 2 rings (SSSR count). The van der Waals surface area contributed by atoms with E-state index in [4.69, 9.17) is 5.21 Å². The maximum Gasteiger partial charge on any atom is 0.182 e. The smallest absolute Gasteiger partial charge is 0.182 e. The molecule has 0 spiro atoms. The van der Waals surface area contributed by atoms with Gasteiger partial charge in [-0.1, -0.05) is 0 Å². The maximum atomic E-state index is 8.36. The quantitative estimate of drug-likeness (QED) is 0.455. The number of aromatic nitrogens is 4. The minimum absolute atomic E-state index is 0.444. The predicted octanol–water partition coefficient (Wildman–Crippen LogP) is -0.341. The topological polar surface area (TPSA) is 98.8 Å². The van der Waals surface area contributed by atoms with Gasteiger partial charge in [0.25, 0.3) is 0 Å². The molecule has 0 saturated heterocycles. The summed E-state index contributed by atoms with van der Waals surface area (Å²) in [4.78, 5) is 14.5. The fourth-order valence-electron chi connectivity index (χ4n) is 0.913. The van der Waals surface area contributed by atoms with Gasteiger partial charge in [-0.15, -0.1) is 5.59 Å². The van der Waals surface area contributed by atoms with Gasteiger partial charge in [-0.3, -0.25) is 10.6 Å². The van der Waals surface area contributed by atoms with Crippen molar-refractivity contribution in [1.29, 1.82) is 0 Å². The highest BCUT2D eigenvalue weighted by atomic mass is 16.5. The van der Waals surface area contributed by atoms with Crippen molar-refractivity contribution in [3.05, 3.63) is 12.7 Å². The molecule has 0 fully saturated rings. The molecule has 7 heteroatoms. The molecule has 62 valence electrons. The van der Waals surface area contributed by atoms with Crippen LogP contribution in [0.25, 0.3) is 11.2 Å². The fraction of sp³-hybridized carbons (Fsp3) is 0. The van der Waals surface area contributed by atoms with Gasteiger partial charge in [0, 0.05) is 0 Å². The number of nitrogens with zero attached hydrogens (tertiary/aromatic N) is 3.